The van der Waals surface area contributed by atoms with Gasteiger partial charge in [-0.15, -0.1) is 12.4 Å². The van der Waals surface area contributed by atoms with Crippen molar-refractivity contribution in [3.05, 3.63) is 35.6 Å². The molecule has 0 saturated carbocycles. The van der Waals surface area contributed by atoms with Gasteiger partial charge >= 0.3 is 6.18 Å². The molecule has 0 spiro atoms. The Hall–Kier alpha value is -1.38. The fraction of sp³-hybridized carbons (Fsp3) is 0.562. The number of carbonyl (C=O) groups excluding carboxylic acids is 1. The Morgan fingerprint density at radius 3 is 2.64 bits per heavy atom. The van der Waals surface area contributed by atoms with Gasteiger partial charge in [-0.2, -0.15) is 13.2 Å². The number of hydrogen-bond acceptors (Lipinski definition) is 3. The van der Waals surface area contributed by atoms with Crippen LogP contribution in [0.5, 0.6) is 0 Å². The first-order valence-electron chi connectivity index (χ1n) is 7.92. The lowest BCUT2D eigenvalue weighted by Crippen LogP contribution is -2.53. The van der Waals surface area contributed by atoms with Gasteiger partial charge < -0.3 is 10.2 Å². The van der Waals surface area contributed by atoms with Gasteiger partial charge in [0, 0.05) is 32.2 Å². The van der Waals surface area contributed by atoms with Crippen LogP contribution in [0.2, 0.25) is 0 Å². The second kappa shape index (κ2) is 7.88. The molecule has 2 saturated heterocycles. The highest BCUT2D eigenvalue weighted by Gasteiger charge is 2.43. The van der Waals surface area contributed by atoms with Gasteiger partial charge in [0.2, 0.25) is 5.91 Å². The summed E-state index contributed by atoms with van der Waals surface area (Å²) in [4.78, 5) is 15.2. The molecule has 0 bridgehead atoms. The van der Waals surface area contributed by atoms with Gasteiger partial charge in [-0.25, -0.2) is 4.39 Å². The van der Waals surface area contributed by atoms with E-state index in [0.717, 1.165) is 10.5 Å². The van der Waals surface area contributed by atoms with Crippen LogP contribution in [0.25, 0.3) is 0 Å². The summed E-state index contributed by atoms with van der Waals surface area (Å²) < 4.78 is 51.2. The summed E-state index contributed by atoms with van der Waals surface area (Å²) in [6.07, 6.45) is -4.03. The number of likely N-dealkylation sites (tertiary alicyclic amines) is 1. The lowest BCUT2D eigenvalue weighted by atomic mass is 10.0. The third kappa shape index (κ3) is 4.62. The highest BCUT2D eigenvalue weighted by molar-refractivity contribution is 5.85. The molecular weight excluding hydrogens is 362 g/mol. The zero-order valence-corrected chi connectivity index (χ0v) is 14.2. The Labute approximate surface area is 149 Å². The van der Waals surface area contributed by atoms with Crippen LogP contribution < -0.4 is 5.32 Å². The predicted molar refractivity (Wildman–Crippen MR) is 87.0 cm³/mol. The van der Waals surface area contributed by atoms with Crippen molar-refractivity contribution in [2.75, 3.05) is 32.7 Å². The number of benzene rings is 1. The molecule has 0 aromatic heterocycles. The Morgan fingerprint density at radius 2 is 1.96 bits per heavy atom. The minimum atomic E-state index is -4.39. The van der Waals surface area contributed by atoms with Crippen LogP contribution in [0.15, 0.2) is 24.3 Å². The number of alkyl halides is 3. The zero-order chi connectivity index (χ0) is 17.3. The third-order valence-corrected chi connectivity index (χ3v) is 4.56. The van der Waals surface area contributed by atoms with E-state index in [2.05, 4.69) is 5.32 Å². The number of hydrogen-bond donors (Lipinski definition) is 1. The van der Waals surface area contributed by atoms with E-state index in [1.54, 1.807) is 12.1 Å². The summed E-state index contributed by atoms with van der Waals surface area (Å²) in [5.41, 5.74) is 0.726. The number of nitrogens with one attached hydrogen (secondary N) is 1. The number of piperazine rings is 1. The fourth-order valence-electron chi connectivity index (χ4n) is 3.52. The number of amides is 1. The first-order valence-corrected chi connectivity index (χ1v) is 7.92. The summed E-state index contributed by atoms with van der Waals surface area (Å²) in [6.45, 7) is 0.612. The molecule has 0 radical (unpaired) electrons. The van der Waals surface area contributed by atoms with Gasteiger partial charge in [-0.05, 0) is 24.1 Å². The predicted octanol–water partition coefficient (Wildman–Crippen LogP) is 2.36. The number of halogens is 5. The Kier molecular flexibility index (Phi) is 6.29. The van der Waals surface area contributed by atoms with Crippen molar-refractivity contribution in [1.82, 2.24) is 15.1 Å². The normalized spacial score (nSPS) is 25.1. The average Bonchev–Trinajstić information content (AvgIpc) is 2.86. The van der Waals surface area contributed by atoms with Crippen molar-refractivity contribution in [3.63, 3.8) is 0 Å². The summed E-state index contributed by atoms with van der Waals surface area (Å²) in [5.74, 6) is -0.856. The summed E-state index contributed by atoms with van der Waals surface area (Å²) in [6, 6.07) is 5.33. The van der Waals surface area contributed by atoms with E-state index in [4.69, 9.17) is 0 Å². The summed E-state index contributed by atoms with van der Waals surface area (Å²) in [5, 5.41) is 3.20. The lowest BCUT2D eigenvalue weighted by Gasteiger charge is -2.39. The van der Waals surface area contributed by atoms with Gasteiger partial charge in [-0.1, -0.05) is 12.1 Å². The molecule has 2 aliphatic heterocycles. The lowest BCUT2D eigenvalue weighted by molar-refractivity contribution is -0.159. The molecule has 2 fully saturated rings. The molecule has 1 aromatic carbocycles. The number of rotatable bonds is 3. The standard InChI is InChI=1S/C16H19F4N3O.ClH/c17-12-3-1-2-11(8-12)14-9-21-5-7-23(14)13-4-6-22(15(13)24)10-16(18,19)20;/h1-3,8,13-14,21H,4-7,9-10H2;1H. The van der Waals surface area contributed by atoms with E-state index in [9.17, 15) is 22.4 Å². The van der Waals surface area contributed by atoms with Crippen molar-refractivity contribution in [3.8, 4) is 0 Å². The van der Waals surface area contributed by atoms with Crippen LogP contribution in [-0.2, 0) is 4.79 Å². The molecule has 0 aliphatic carbocycles. The molecule has 2 unspecified atom stereocenters. The van der Waals surface area contributed by atoms with E-state index >= 15 is 0 Å². The Morgan fingerprint density at radius 1 is 1.20 bits per heavy atom. The van der Waals surface area contributed by atoms with Crippen molar-refractivity contribution >= 4 is 18.3 Å². The van der Waals surface area contributed by atoms with E-state index < -0.39 is 24.7 Å². The van der Waals surface area contributed by atoms with Crippen molar-refractivity contribution in [2.45, 2.75) is 24.7 Å². The smallest absolute Gasteiger partial charge is 0.332 e. The molecule has 3 rings (SSSR count). The molecule has 9 heteroatoms. The summed E-state index contributed by atoms with van der Waals surface area (Å²) >= 11 is 0. The fourth-order valence-corrected chi connectivity index (χ4v) is 3.52. The second-order valence-corrected chi connectivity index (χ2v) is 6.19. The molecule has 25 heavy (non-hydrogen) atoms. The Balaban J connectivity index is 0.00000225. The van der Waals surface area contributed by atoms with Gasteiger partial charge in [0.15, 0.2) is 0 Å². The van der Waals surface area contributed by atoms with Crippen LogP contribution >= 0.6 is 12.4 Å². The highest BCUT2D eigenvalue weighted by atomic mass is 35.5. The Bertz CT molecular complexity index is 613. The van der Waals surface area contributed by atoms with Crippen LogP contribution in [0.3, 0.4) is 0 Å². The molecule has 140 valence electrons. The molecule has 1 amide bonds. The monoisotopic (exact) mass is 381 g/mol. The quantitative estimate of drug-likeness (QED) is 0.816. The first kappa shape index (κ1) is 19.9. The second-order valence-electron chi connectivity index (χ2n) is 6.19. The average molecular weight is 382 g/mol. The van der Waals surface area contributed by atoms with Crippen molar-refractivity contribution < 1.29 is 22.4 Å². The molecule has 1 aromatic rings. The van der Waals surface area contributed by atoms with E-state index in [0.29, 0.717) is 26.1 Å². The van der Waals surface area contributed by atoms with Gasteiger partial charge in [-0.3, -0.25) is 9.69 Å². The highest BCUT2D eigenvalue weighted by Crippen LogP contribution is 2.30. The first-order chi connectivity index (χ1) is 11.3. The minimum absolute atomic E-state index is 0. The number of carbonyl (C=O) groups is 1. The van der Waals surface area contributed by atoms with Crippen LogP contribution in [0.4, 0.5) is 17.6 Å². The molecule has 4 nitrogen and oxygen atoms in total. The number of nitrogens with zero attached hydrogens (tertiary/aromatic N) is 2. The molecule has 1 N–H and O–H groups in total. The van der Waals surface area contributed by atoms with E-state index in [1.807, 2.05) is 4.90 Å². The summed E-state index contributed by atoms with van der Waals surface area (Å²) in [7, 11) is 0. The van der Waals surface area contributed by atoms with E-state index in [-0.39, 0.29) is 30.8 Å². The van der Waals surface area contributed by atoms with Gasteiger partial charge in [0.1, 0.15) is 12.4 Å². The van der Waals surface area contributed by atoms with Crippen molar-refractivity contribution in [1.29, 1.82) is 0 Å². The SMILES string of the molecule is Cl.O=C1C(N2CCNCC2c2cccc(F)c2)CCN1CC(F)(F)F. The van der Waals surface area contributed by atoms with Crippen LogP contribution in [-0.4, -0.2) is 60.6 Å². The van der Waals surface area contributed by atoms with Crippen LogP contribution in [0.1, 0.15) is 18.0 Å². The topological polar surface area (TPSA) is 35.6 Å². The van der Waals surface area contributed by atoms with Gasteiger partial charge in [0.25, 0.3) is 0 Å². The zero-order valence-electron chi connectivity index (χ0n) is 13.4. The molecule has 2 atom stereocenters. The molecule has 2 heterocycles. The molecule has 2 aliphatic rings. The van der Waals surface area contributed by atoms with E-state index in [1.165, 1.54) is 12.1 Å². The maximum Gasteiger partial charge on any atom is 0.406 e. The van der Waals surface area contributed by atoms with Crippen molar-refractivity contribution in [2.24, 2.45) is 0 Å². The minimum Gasteiger partial charge on any atom is -0.332 e. The maximum absolute atomic E-state index is 13.5. The largest absolute Gasteiger partial charge is 0.406 e. The van der Waals surface area contributed by atoms with Gasteiger partial charge in [0.05, 0.1) is 6.04 Å². The van der Waals surface area contributed by atoms with Crippen LogP contribution in [0, 0.1) is 5.82 Å². The third-order valence-electron chi connectivity index (χ3n) is 4.56. The maximum atomic E-state index is 13.5. The molecular formula is C16H20ClF4N3O.